The Labute approximate surface area is 148 Å². The van der Waals surface area contributed by atoms with Gasteiger partial charge in [0.25, 0.3) is 0 Å². The highest BCUT2D eigenvalue weighted by atomic mass is 35.5. The minimum Gasteiger partial charge on any atom is -0.350 e. The number of carbonyl (C=O) groups is 2. The van der Waals surface area contributed by atoms with Crippen LogP contribution >= 0.6 is 11.6 Å². The molecule has 0 radical (unpaired) electrons. The van der Waals surface area contributed by atoms with Crippen LogP contribution in [0.3, 0.4) is 0 Å². The molecule has 1 aromatic carbocycles. The number of carbonyl (C=O) groups excluding carboxylic acids is 2. The maximum absolute atomic E-state index is 12.5. The molecule has 1 heterocycles. The van der Waals surface area contributed by atoms with Crippen LogP contribution in [0.2, 0.25) is 5.02 Å². The number of hydrogen-bond donors (Lipinski definition) is 2. The van der Waals surface area contributed by atoms with Gasteiger partial charge in [0.1, 0.15) is 6.04 Å². The normalized spacial score (nSPS) is 18.7. The average Bonchev–Trinajstić information content (AvgIpc) is 3.00. The molecule has 132 valence electrons. The molecule has 5 nitrogen and oxygen atoms in total. The summed E-state index contributed by atoms with van der Waals surface area (Å²) < 4.78 is 0. The standard InChI is InChI=1S/C18H26ClN3O2/c1-12(2)9-15(20)18(24)22-8-4-7-16(22)17(23)21-11-13-5-3-6-14(19)10-13/h3,5-6,10,12,15-16H,4,7-9,11,20H2,1-2H3,(H,21,23)/t15-,16+/m1/s1. The van der Waals surface area contributed by atoms with E-state index in [1.54, 1.807) is 11.0 Å². The van der Waals surface area contributed by atoms with E-state index in [1.165, 1.54) is 0 Å². The van der Waals surface area contributed by atoms with Gasteiger partial charge in [-0.05, 0) is 42.9 Å². The minimum atomic E-state index is -0.536. The van der Waals surface area contributed by atoms with Crippen molar-refractivity contribution in [2.45, 2.75) is 51.7 Å². The molecule has 2 amide bonds. The summed E-state index contributed by atoms with van der Waals surface area (Å²) in [6.45, 7) is 5.06. The summed E-state index contributed by atoms with van der Waals surface area (Å²) in [5.74, 6) is 0.100. The summed E-state index contributed by atoms with van der Waals surface area (Å²) in [5, 5.41) is 3.54. The third-order valence-corrected chi connectivity index (χ3v) is 4.47. The van der Waals surface area contributed by atoms with Gasteiger partial charge < -0.3 is 16.0 Å². The van der Waals surface area contributed by atoms with E-state index in [9.17, 15) is 9.59 Å². The largest absolute Gasteiger partial charge is 0.350 e. The summed E-state index contributed by atoms with van der Waals surface area (Å²) in [6, 6.07) is 6.40. The molecule has 0 aromatic heterocycles. The van der Waals surface area contributed by atoms with Crippen LogP contribution < -0.4 is 11.1 Å². The van der Waals surface area contributed by atoms with Crippen LogP contribution in [-0.4, -0.2) is 35.3 Å². The van der Waals surface area contributed by atoms with Crippen LogP contribution in [0.5, 0.6) is 0 Å². The summed E-state index contributed by atoms with van der Waals surface area (Å²) in [7, 11) is 0. The summed E-state index contributed by atoms with van der Waals surface area (Å²) in [5.41, 5.74) is 6.94. The molecule has 0 spiro atoms. The third-order valence-electron chi connectivity index (χ3n) is 4.24. The first-order chi connectivity index (χ1) is 11.4. The second-order valence-electron chi connectivity index (χ2n) is 6.77. The molecular weight excluding hydrogens is 326 g/mol. The van der Waals surface area contributed by atoms with Crippen molar-refractivity contribution in [3.8, 4) is 0 Å². The van der Waals surface area contributed by atoms with Crippen molar-refractivity contribution in [2.24, 2.45) is 11.7 Å². The fraction of sp³-hybridized carbons (Fsp3) is 0.556. The van der Waals surface area contributed by atoms with Gasteiger partial charge in [0, 0.05) is 18.1 Å². The van der Waals surface area contributed by atoms with Gasteiger partial charge >= 0.3 is 0 Å². The van der Waals surface area contributed by atoms with Crippen molar-refractivity contribution in [3.05, 3.63) is 34.9 Å². The Hall–Kier alpha value is -1.59. The molecule has 2 rings (SSSR count). The van der Waals surface area contributed by atoms with E-state index in [1.807, 2.05) is 32.0 Å². The second kappa shape index (κ2) is 8.49. The number of benzene rings is 1. The Morgan fingerprint density at radius 3 is 2.83 bits per heavy atom. The molecule has 2 atom stereocenters. The van der Waals surface area contributed by atoms with E-state index in [0.717, 1.165) is 12.0 Å². The van der Waals surface area contributed by atoms with Gasteiger partial charge in [0.05, 0.1) is 6.04 Å². The van der Waals surface area contributed by atoms with Crippen LogP contribution in [0.4, 0.5) is 0 Å². The monoisotopic (exact) mass is 351 g/mol. The molecule has 1 saturated heterocycles. The first-order valence-electron chi connectivity index (χ1n) is 8.46. The van der Waals surface area contributed by atoms with Gasteiger partial charge in [0.2, 0.25) is 11.8 Å². The molecule has 1 aromatic rings. The van der Waals surface area contributed by atoms with Crippen molar-refractivity contribution in [2.75, 3.05) is 6.54 Å². The Morgan fingerprint density at radius 2 is 2.17 bits per heavy atom. The molecule has 1 fully saturated rings. The molecule has 1 aliphatic heterocycles. The van der Waals surface area contributed by atoms with E-state index < -0.39 is 12.1 Å². The lowest BCUT2D eigenvalue weighted by Crippen LogP contribution is -2.51. The molecule has 3 N–H and O–H groups in total. The third kappa shape index (κ3) is 4.95. The predicted molar refractivity (Wildman–Crippen MR) is 95.5 cm³/mol. The number of rotatable bonds is 6. The van der Waals surface area contributed by atoms with E-state index in [4.69, 9.17) is 17.3 Å². The zero-order chi connectivity index (χ0) is 17.7. The molecule has 0 aliphatic carbocycles. The highest BCUT2D eigenvalue weighted by Gasteiger charge is 2.36. The first-order valence-corrected chi connectivity index (χ1v) is 8.84. The lowest BCUT2D eigenvalue weighted by atomic mass is 10.0. The van der Waals surface area contributed by atoms with E-state index in [2.05, 4.69) is 5.32 Å². The number of nitrogens with zero attached hydrogens (tertiary/aromatic N) is 1. The summed E-state index contributed by atoms with van der Waals surface area (Å²) in [6.07, 6.45) is 2.14. The number of halogens is 1. The van der Waals surface area contributed by atoms with Gasteiger partial charge in [-0.3, -0.25) is 9.59 Å². The molecule has 1 aliphatic rings. The molecule has 0 unspecified atom stereocenters. The molecule has 24 heavy (non-hydrogen) atoms. The number of hydrogen-bond acceptors (Lipinski definition) is 3. The topological polar surface area (TPSA) is 75.4 Å². The zero-order valence-electron chi connectivity index (χ0n) is 14.3. The second-order valence-corrected chi connectivity index (χ2v) is 7.21. The Morgan fingerprint density at radius 1 is 1.42 bits per heavy atom. The van der Waals surface area contributed by atoms with Gasteiger partial charge in [0.15, 0.2) is 0 Å². The minimum absolute atomic E-state index is 0.121. The van der Waals surface area contributed by atoms with Gasteiger partial charge in [-0.2, -0.15) is 0 Å². The highest BCUT2D eigenvalue weighted by molar-refractivity contribution is 6.30. The maximum Gasteiger partial charge on any atom is 0.243 e. The fourth-order valence-electron chi connectivity index (χ4n) is 3.08. The van der Waals surface area contributed by atoms with Crippen LogP contribution in [0.25, 0.3) is 0 Å². The zero-order valence-corrected chi connectivity index (χ0v) is 15.1. The number of nitrogens with two attached hydrogens (primary N) is 1. The van der Waals surface area contributed by atoms with Crippen molar-refractivity contribution < 1.29 is 9.59 Å². The Balaban J connectivity index is 1.94. The average molecular weight is 352 g/mol. The molecule has 0 bridgehead atoms. The van der Waals surface area contributed by atoms with E-state index >= 15 is 0 Å². The van der Waals surface area contributed by atoms with Crippen LogP contribution in [0, 0.1) is 5.92 Å². The summed E-state index contributed by atoms with van der Waals surface area (Å²) >= 11 is 5.95. The quantitative estimate of drug-likeness (QED) is 0.825. The van der Waals surface area contributed by atoms with Crippen molar-refractivity contribution >= 4 is 23.4 Å². The van der Waals surface area contributed by atoms with Gasteiger partial charge in [-0.25, -0.2) is 0 Å². The SMILES string of the molecule is CC(C)C[C@@H](N)C(=O)N1CCC[C@H]1C(=O)NCc1cccc(Cl)c1. The number of amides is 2. The molecule has 0 saturated carbocycles. The van der Waals surface area contributed by atoms with Gasteiger partial charge in [-0.15, -0.1) is 0 Å². The van der Waals surface area contributed by atoms with Crippen molar-refractivity contribution in [3.63, 3.8) is 0 Å². The Kier molecular flexibility index (Phi) is 6.63. The first kappa shape index (κ1) is 18.7. The van der Waals surface area contributed by atoms with Crippen molar-refractivity contribution in [1.82, 2.24) is 10.2 Å². The van der Waals surface area contributed by atoms with Gasteiger partial charge in [-0.1, -0.05) is 37.6 Å². The van der Waals surface area contributed by atoms with E-state index in [-0.39, 0.29) is 11.8 Å². The van der Waals surface area contributed by atoms with Crippen molar-refractivity contribution in [1.29, 1.82) is 0 Å². The van der Waals surface area contributed by atoms with Crippen LogP contribution in [0.15, 0.2) is 24.3 Å². The predicted octanol–water partition coefficient (Wildman–Crippen LogP) is 2.32. The van der Waals surface area contributed by atoms with E-state index in [0.29, 0.717) is 36.9 Å². The Bertz CT molecular complexity index is 591. The lowest BCUT2D eigenvalue weighted by Gasteiger charge is -2.27. The smallest absolute Gasteiger partial charge is 0.243 e. The summed E-state index contributed by atoms with van der Waals surface area (Å²) in [4.78, 5) is 26.6. The van der Waals surface area contributed by atoms with Crippen LogP contribution in [-0.2, 0) is 16.1 Å². The number of likely N-dealkylation sites (tertiary alicyclic amines) is 1. The lowest BCUT2D eigenvalue weighted by molar-refractivity contribution is -0.139. The van der Waals surface area contributed by atoms with Crippen LogP contribution in [0.1, 0.15) is 38.7 Å². The molecule has 6 heteroatoms. The fourth-order valence-corrected chi connectivity index (χ4v) is 3.29. The molecular formula is C18H26ClN3O2. The number of nitrogens with one attached hydrogen (secondary N) is 1. The highest BCUT2D eigenvalue weighted by Crippen LogP contribution is 2.20. The maximum atomic E-state index is 12.5.